The number of methoxy groups -OCH3 is 2. The van der Waals surface area contributed by atoms with Crippen molar-refractivity contribution in [3.63, 3.8) is 0 Å². The maximum absolute atomic E-state index is 10.6. The molecule has 8 nitrogen and oxygen atoms in total. The van der Waals surface area contributed by atoms with Crippen molar-refractivity contribution in [3.05, 3.63) is 209 Å². The van der Waals surface area contributed by atoms with Crippen LogP contribution in [0.3, 0.4) is 0 Å². The molecule has 0 amide bonds. The van der Waals surface area contributed by atoms with Gasteiger partial charge in [-0.15, -0.1) is 0 Å². The summed E-state index contributed by atoms with van der Waals surface area (Å²) in [5, 5.41) is 22.5. The largest absolute Gasteiger partial charge is 0.494 e. The highest BCUT2D eigenvalue weighted by Crippen LogP contribution is 2.64. The molecule has 2 aliphatic rings. The standard InChI is InChI=1S/C65H61N4O4P/c1-5-7-8-9-45-10-14-48(15-11-45)68(51-20-28-56(29-21-51)74-38-37-71-4)52-22-32-59-60-33-23-53(69(49-16-24-54(25-17-49)72-34-6-2)50-18-26-55(27-19-50)73-36-35-70-3)42-64(60)65(63(59)41-52)61-39-46(43-66)12-30-57(61)58-31-13-47(44-67)40-62(58)65/h10-33,39-42,74H,5-9,34-38H2,1-4H3. The zero-order valence-corrected chi connectivity index (χ0v) is 43.7. The maximum Gasteiger partial charge on any atom is 0.119 e. The molecule has 0 aliphatic heterocycles. The van der Waals surface area contributed by atoms with Gasteiger partial charge in [0.1, 0.15) is 18.1 Å². The molecule has 0 saturated heterocycles. The van der Waals surface area contributed by atoms with Crippen molar-refractivity contribution < 1.29 is 18.9 Å². The molecule has 8 aromatic carbocycles. The molecule has 0 fully saturated rings. The van der Waals surface area contributed by atoms with Gasteiger partial charge in [0.15, 0.2) is 0 Å². The summed E-state index contributed by atoms with van der Waals surface area (Å²) >= 11 is 0. The van der Waals surface area contributed by atoms with Crippen LogP contribution in [0.4, 0.5) is 34.1 Å². The third kappa shape index (κ3) is 9.66. The highest BCUT2D eigenvalue weighted by Gasteiger charge is 2.52. The van der Waals surface area contributed by atoms with Crippen molar-refractivity contribution in [2.75, 3.05) is 56.6 Å². The van der Waals surface area contributed by atoms with Gasteiger partial charge < -0.3 is 28.7 Å². The minimum atomic E-state index is -0.912. The molecule has 0 bridgehead atoms. The van der Waals surface area contributed by atoms with E-state index in [9.17, 15) is 10.5 Å². The minimum Gasteiger partial charge on any atom is -0.494 e. The van der Waals surface area contributed by atoms with Crippen LogP contribution >= 0.6 is 8.58 Å². The molecule has 9 heteroatoms. The van der Waals surface area contributed by atoms with Crippen molar-refractivity contribution in [2.24, 2.45) is 0 Å². The van der Waals surface area contributed by atoms with E-state index in [4.69, 9.17) is 18.9 Å². The molecular weight excluding hydrogens is 932 g/mol. The fourth-order valence-corrected chi connectivity index (χ4v) is 11.8. The van der Waals surface area contributed by atoms with Gasteiger partial charge in [-0.3, -0.25) is 0 Å². The quantitative estimate of drug-likeness (QED) is 0.0519. The van der Waals surface area contributed by atoms with Gasteiger partial charge in [0.25, 0.3) is 0 Å². The predicted octanol–water partition coefficient (Wildman–Crippen LogP) is 15.2. The second-order valence-electron chi connectivity index (χ2n) is 18.9. The van der Waals surface area contributed by atoms with Gasteiger partial charge >= 0.3 is 0 Å². The van der Waals surface area contributed by atoms with Crippen molar-refractivity contribution in [2.45, 2.75) is 51.4 Å². The molecule has 2 aliphatic carbocycles. The molecule has 1 spiro atoms. The summed E-state index contributed by atoms with van der Waals surface area (Å²) in [6, 6.07) is 65.3. The summed E-state index contributed by atoms with van der Waals surface area (Å²) in [7, 11) is 4.08. The Morgan fingerprint density at radius 1 is 0.446 bits per heavy atom. The first-order chi connectivity index (χ1) is 36.4. The van der Waals surface area contributed by atoms with E-state index in [0.29, 0.717) is 39.5 Å². The molecule has 0 N–H and O–H groups in total. The second-order valence-corrected chi connectivity index (χ2v) is 20.3. The number of anilines is 6. The molecule has 0 radical (unpaired) electrons. The Hall–Kier alpha value is -7.71. The Bertz CT molecular complexity index is 3230. The van der Waals surface area contributed by atoms with Crippen LogP contribution in [0, 0.1) is 22.7 Å². The molecule has 0 aromatic heterocycles. The molecule has 0 saturated carbocycles. The summed E-state index contributed by atoms with van der Waals surface area (Å²) < 4.78 is 22.7. The van der Waals surface area contributed by atoms with E-state index in [1.807, 2.05) is 36.4 Å². The van der Waals surface area contributed by atoms with E-state index >= 15 is 0 Å². The molecule has 0 heterocycles. The van der Waals surface area contributed by atoms with E-state index < -0.39 is 5.41 Å². The summed E-state index contributed by atoms with van der Waals surface area (Å²) in [6.07, 6.45) is 6.50. The number of unbranched alkanes of at least 4 members (excludes halogenated alkanes) is 2. The Kier molecular flexibility index (Phi) is 15.2. The number of hydrogen-bond acceptors (Lipinski definition) is 8. The number of fused-ring (bicyclic) bond motifs is 10. The normalized spacial score (nSPS) is 12.5. The highest BCUT2D eigenvalue weighted by atomic mass is 31.1. The minimum absolute atomic E-state index is 0.447. The number of hydrogen-bond donors (Lipinski definition) is 0. The number of benzene rings is 8. The van der Waals surface area contributed by atoms with Crippen molar-refractivity contribution in [1.82, 2.24) is 0 Å². The average molecular weight is 993 g/mol. The van der Waals surface area contributed by atoms with E-state index in [-0.39, 0.29) is 0 Å². The first-order valence-corrected chi connectivity index (χ1v) is 27.0. The Morgan fingerprint density at radius 3 is 1.34 bits per heavy atom. The van der Waals surface area contributed by atoms with Gasteiger partial charge in [0.05, 0.1) is 48.5 Å². The lowest BCUT2D eigenvalue weighted by Crippen LogP contribution is -2.27. The lowest BCUT2D eigenvalue weighted by atomic mass is 9.70. The molecular formula is C65H61N4O4P. The van der Waals surface area contributed by atoms with Gasteiger partial charge in [0.2, 0.25) is 0 Å². The Labute approximate surface area is 438 Å². The zero-order chi connectivity index (χ0) is 51.0. The lowest BCUT2D eigenvalue weighted by Gasteiger charge is -2.33. The molecule has 1 unspecified atom stereocenters. The number of nitrogens with zero attached hydrogens (tertiary/aromatic N) is 4. The SMILES string of the molecule is CCCCCc1ccc(N(c2ccc(PCCOC)cc2)c2ccc3c(c2)C2(c4cc(C#N)ccc4-c4ccc(C#N)cc42)c2cc(N(c4ccc(OCCC)cc4)c4ccc(OCCOC)cc4)ccc2-3)cc1. The van der Waals surface area contributed by atoms with E-state index in [1.54, 1.807) is 14.2 Å². The summed E-state index contributed by atoms with van der Waals surface area (Å²) in [6.45, 7) is 6.66. The third-order valence-electron chi connectivity index (χ3n) is 14.3. The Morgan fingerprint density at radius 2 is 0.878 bits per heavy atom. The van der Waals surface area contributed by atoms with Crippen LogP contribution in [0.15, 0.2) is 170 Å². The van der Waals surface area contributed by atoms with Crippen LogP contribution in [-0.4, -0.2) is 46.8 Å². The summed E-state index contributed by atoms with van der Waals surface area (Å²) in [5.74, 6) is 1.57. The van der Waals surface area contributed by atoms with Crippen LogP contribution < -0.4 is 24.6 Å². The van der Waals surface area contributed by atoms with Crippen LogP contribution in [-0.2, 0) is 21.3 Å². The maximum atomic E-state index is 10.6. The topological polar surface area (TPSA) is 91.0 Å². The van der Waals surface area contributed by atoms with Gasteiger partial charge in [-0.1, -0.05) is 83.8 Å². The highest BCUT2D eigenvalue weighted by molar-refractivity contribution is 7.47. The van der Waals surface area contributed by atoms with Gasteiger partial charge in [-0.05, 0) is 202 Å². The number of aryl methyl sites for hydroxylation is 1. The second kappa shape index (κ2) is 22.6. The van der Waals surface area contributed by atoms with Crippen LogP contribution in [0.1, 0.15) is 78.5 Å². The van der Waals surface area contributed by atoms with E-state index in [1.165, 1.54) is 30.1 Å². The van der Waals surface area contributed by atoms with Gasteiger partial charge in [-0.25, -0.2) is 0 Å². The fraction of sp³-hybridized carbons (Fsp3) is 0.231. The van der Waals surface area contributed by atoms with Gasteiger partial charge in [0, 0.05) is 48.3 Å². The lowest BCUT2D eigenvalue weighted by molar-refractivity contribution is 0.146. The van der Waals surface area contributed by atoms with Crippen molar-refractivity contribution >= 4 is 48.0 Å². The van der Waals surface area contributed by atoms with Crippen LogP contribution in [0.5, 0.6) is 11.5 Å². The van der Waals surface area contributed by atoms with Crippen LogP contribution in [0.2, 0.25) is 0 Å². The predicted molar refractivity (Wildman–Crippen MR) is 303 cm³/mol. The number of nitriles is 2. The Balaban J connectivity index is 1.19. The fourth-order valence-electron chi connectivity index (χ4n) is 10.8. The molecule has 8 aromatic rings. The summed E-state index contributed by atoms with van der Waals surface area (Å²) in [4.78, 5) is 4.64. The van der Waals surface area contributed by atoms with Gasteiger partial charge in [-0.2, -0.15) is 10.5 Å². The van der Waals surface area contributed by atoms with Crippen LogP contribution in [0.25, 0.3) is 22.3 Å². The first kappa shape index (κ1) is 49.9. The molecule has 370 valence electrons. The van der Waals surface area contributed by atoms with E-state index in [0.717, 1.165) is 116 Å². The smallest absolute Gasteiger partial charge is 0.119 e. The molecule has 10 rings (SSSR count). The monoisotopic (exact) mass is 992 g/mol. The third-order valence-corrected chi connectivity index (χ3v) is 15.5. The molecule has 1 atom stereocenters. The number of ether oxygens (including phenoxy) is 4. The van der Waals surface area contributed by atoms with Crippen molar-refractivity contribution in [1.29, 1.82) is 10.5 Å². The van der Waals surface area contributed by atoms with E-state index in [2.05, 4.69) is 169 Å². The first-order valence-electron chi connectivity index (χ1n) is 25.8. The average Bonchev–Trinajstić information content (AvgIpc) is 3.92. The van der Waals surface area contributed by atoms with Crippen molar-refractivity contribution in [3.8, 4) is 45.9 Å². The zero-order valence-electron chi connectivity index (χ0n) is 42.7. The number of rotatable bonds is 21. The summed E-state index contributed by atoms with van der Waals surface area (Å²) in [5.41, 5.74) is 16.0. The molecule has 74 heavy (non-hydrogen) atoms.